The van der Waals surface area contributed by atoms with Crippen molar-refractivity contribution in [2.75, 3.05) is 6.61 Å². The summed E-state index contributed by atoms with van der Waals surface area (Å²) in [4.78, 5) is 0. The smallest absolute Gasteiger partial charge is 0.210 e. The molecule has 0 spiro atoms. The van der Waals surface area contributed by atoms with Crippen LogP contribution in [0.15, 0.2) is 0 Å². The second kappa shape index (κ2) is 1.57. The molecule has 0 aromatic rings. The van der Waals surface area contributed by atoms with Crippen molar-refractivity contribution in [3.63, 3.8) is 0 Å². The Morgan fingerprint density at radius 3 is 2.42 bits per heavy atom. The lowest BCUT2D eigenvalue weighted by atomic mass is 10.1. The molecule has 0 aromatic heterocycles. The second-order valence-electron chi connectivity index (χ2n) is 4.76. The van der Waals surface area contributed by atoms with Crippen LogP contribution in [0.3, 0.4) is 0 Å². The number of rotatable bonds is 2. The van der Waals surface area contributed by atoms with Gasteiger partial charge in [-0.25, -0.2) is 0 Å². The highest BCUT2D eigenvalue weighted by molar-refractivity contribution is 7.63. The third kappa shape index (κ3) is 0.403. The van der Waals surface area contributed by atoms with Gasteiger partial charge in [0.15, 0.2) is 0 Å². The van der Waals surface area contributed by atoms with Gasteiger partial charge < -0.3 is 4.52 Å². The Morgan fingerprint density at radius 2 is 2.00 bits per heavy atom. The van der Waals surface area contributed by atoms with Crippen molar-refractivity contribution in [2.45, 2.75) is 24.7 Å². The normalized spacial score (nSPS) is 74.4. The van der Waals surface area contributed by atoms with Gasteiger partial charge in [-0.3, -0.25) is 4.57 Å². The maximum Gasteiger partial charge on any atom is 0.210 e. The highest BCUT2D eigenvalue weighted by Crippen LogP contribution is 2.95. The SMILES string of the molecule is CCOP1(=O)C2C3CC4C2C4C31. The molecule has 5 aliphatic rings. The van der Waals surface area contributed by atoms with Crippen LogP contribution in [0.5, 0.6) is 0 Å². The molecule has 1 aliphatic heterocycles. The van der Waals surface area contributed by atoms with Crippen molar-refractivity contribution in [1.82, 2.24) is 0 Å². The molecule has 5 rings (SSSR count). The van der Waals surface area contributed by atoms with Gasteiger partial charge >= 0.3 is 0 Å². The Balaban J connectivity index is 1.77. The first-order valence-electron chi connectivity index (χ1n) is 5.03. The Morgan fingerprint density at radius 1 is 1.33 bits per heavy atom. The highest BCUT2D eigenvalue weighted by atomic mass is 31.2. The Bertz CT molecular complexity index is 288. The molecule has 0 amide bonds. The van der Waals surface area contributed by atoms with Crippen LogP contribution in [0.2, 0.25) is 0 Å². The third-order valence-electron chi connectivity index (χ3n) is 4.66. The first-order chi connectivity index (χ1) is 5.79. The quantitative estimate of drug-likeness (QED) is 0.613. The summed E-state index contributed by atoms with van der Waals surface area (Å²) in [7, 11) is -2.08. The van der Waals surface area contributed by atoms with E-state index >= 15 is 0 Å². The van der Waals surface area contributed by atoms with E-state index in [1.807, 2.05) is 6.92 Å². The van der Waals surface area contributed by atoms with Crippen molar-refractivity contribution >= 4 is 7.37 Å². The van der Waals surface area contributed by atoms with Crippen molar-refractivity contribution < 1.29 is 9.09 Å². The largest absolute Gasteiger partial charge is 0.328 e. The number of hydrogen-bond acceptors (Lipinski definition) is 2. The summed E-state index contributed by atoms with van der Waals surface area (Å²) >= 11 is 0. The van der Waals surface area contributed by atoms with Crippen molar-refractivity contribution in [3.05, 3.63) is 0 Å². The van der Waals surface area contributed by atoms with Crippen LogP contribution in [-0.2, 0) is 9.09 Å². The summed E-state index contributed by atoms with van der Waals surface area (Å²) in [6.07, 6.45) is 1.39. The third-order valence-corrected chi connectivity index (χ3v) is 8.44. The maximum absolute atomic E-state index is 12.2. The molecule has 4 atom stereocenters. The van der Waals surface area contributed by atoms with Crippen LogP contribution in [-0.4, -0.2) is 17.9 Å². The molecule has 0 N–H and O–H groups in total. The monoisotopic (exact) mass is 184 g/mol. The van der Waals surface area contributed by atoms with E-state index in [0.29, 0.717) is 17.9 Å². The first kappa shape index (κ1) is 6.62. The minimum Gasteiger partial charge on any atom is -0.328 e. The Labute approximate surface area is 72.1 Å². The molecule has 4 unspecified atom stereocenters. The van der Waals surface area contributed by atoms with E-state index in [1.54, 1.807) is 0 Å². The molecule has 2 nitrogen and oxygen atoms in total. The molecule has 66 valence electrons. The molecular weight excluding hydrogens is 171 g/mol. The van der Waals surface area contributed by atoms with Gasteiger partial charge in [-0.2, -0.15) is 0 Å². The van der Waals surface area contributed by atoms with Gasteiger partial charge in [0.25, 0.3) is 0 Å². The second-order valence-corrected chi connectivity index (χ2v) is 7.50. The zero-order valence-electron chi connectivity index (χ0n) is 7.14. The minimum absolute atomic E-state index is 0.539. The molecule has 3 heteroatoms. The van der Waals surface area contributed by atoms with E-state index in [9.17, 15) is 4.57 Å². The Kier molecular flexibility index (Phi) is 0.866. The molecule has 5 fully saturated rings. The van der Waals surface area contributed by atoms with E-state index in [-0.39, 0.29) is 0 Å². The number of hydrogen-bond donors (Lipinski definition) is 0. The molecule has 12 heavy (non-hydrogen) atoms. The predicted molar refractivity (Wildman–Crippen MR) is 45.4 cm³/mol. The van der Waals surface area contributed by atoms with E-state index in [4.69, 9.17) is 4.52 Å². The zero-order valence-corrected chi connectivity index (χ0v) is 8.04. The van der Waals surface area contributed by atoms with E-state index in [1.165, 1.54) is 6.42 Å². The van der Waals surface area contributed by atoms with E-state index < -0.39 is 7.37 Å². The molecule has 4 saturated carbocycles. The lowest BCUT2D eigenvalue weighted by Gasteiger charge is -2.41. The van der Waals surface area contributed by atoms with Crippen LogP contribution in [0.1, 0.15) is 13.3 Å². The van der Waals surface area contributed by atoms with Crippen LogP contribution in [0.4, 0.5) is 0 Å². The molecular formula is C9H13O2P. The topological polar surface area (TPSA) is 26.3 Å². The van der Waals surface area contributed by atoms with Gasteiger partial charge in [0.2, 0.25) is 7.37 Å². The molecule has 1 saturated heterocycles. The van der Waals surface area contributed by atoms with E-state index in [2.05, 4.69) is 0 Å². The summed E-state index contributed by atoms with van der Waals surface area (Å²) in [6.45, 7) is 2.62. The van der Waals surface area contributed by atoms with Gasteiger partial charge in [-0.05, 0) is 37.0 Å². The van der Waals surface area contributed by atoms with Crippen LogP contribution in [0.25, 0.3) is 0 Å². The fourth-order valence-corrected chi connectivity index (χ4v) is 8.88. The van der Waals surface area contributed by atoms with Crippen LogP contribution in [0, 0.1) is 23.7 Å². The van der Waals surface area contributed by atoms with E-state index in [0.717, 1.165) is 23.7 Å². The fourth-order valence-electron chi connectivity index (χ4n) is 4.56. The lowest BCUT2D eigenvalue weighted by Crippen LogP contribution is -2.36. The van der Waals surface area contributed by atoms with Crippen molar-refractivity contribution in [2.24, 2.45) is 23.7 Å². The summed E-state index contributed by atoms with van der Waals surface area (Å²) in [5.74, 6) is 3.55. The zero-order chi connectivity index (χ0) is 8.09. The van der Waals surface area contributed by atoms with Gasteiger partial charge in [0, 0.05) is 11.3 Å². The Hall–Kier alpha value is 0.190. The summed E-state index contributed by atoms with van der Waals surface area (Å²) in [6, 6.07) is 0. The lowest BCUT2D eigenvalue weighted by molar-refractivity contribution is 0.286. The molecule has 4 aliphatic carbocycles. The average molecular weight is 184 g/mol. The average Bonchev–Trinajstić information content (AvgIpc) is 2.50. The minimum atomic E-state index is -2.08. The molecule has 1 heterocycles. The summed E-state index contributed by atoms with van der Waals surface area (Å²) in [5.41, 5.74) is 1.08. The van der Waals surface area contributed by atoms with Crippen molar-refractivity contribution in [1.29, 1.82) is 0 Å². The highest BCUT2D eigenvalue weighted by Gasteiger charge is 2.88. The van der Waals surface area contributed by atoms with Gasteiger partial charge in [0.05, 0.1) is 6.61 Å². The van der Waals surface area contributed by atoms with Gasteiger partial charge in [-0.1, -0.05) is 0 Å². The first-order valence-corrected chi connectivity index (χ1v) is 6.79. The maximum atomic E-state index is 12.2. The van der Waals surface area contributed by atoms with Gasteiger partial charge in [-0.15, -0.1) is 0 Å². The van der Waals surface area contributed by atoms with Crippen LogP contribution >= 0.6 is 7.37 Å². The predicted octanol–water partition coefficient (Wildman–Crippen LogP) is 1.95. The summed E-state index contributed by atoms with van der Waals surface area (Å²) < 4.78 is 17.8. The molecule has 0 aromatic carbocycles. The molecule has 0 radical (unpaired) electrons. The summed E-state index contributed by atoms with van der Waals surface area (Å²) in [5, 5.41) is 0. The molecule has 6 bridgehead atoms. The standard InChI is InChI=1S/C9H13O2P/c1-2-11-12(10)8-5-3-4-6(8)7(4)9(5)12/h4-9H,2-3H2,1H3. The van der Waals surface area contributed by atoms with Gasteiger partial charge in [0.1, 0.15) is 0 Å². The van der Waals surface area contributed by atoms with Crippen LogP contribution < -0.4 is 0 Å². The van der Waals surface area contributed by atoms with Crippen molar-refractivity contribution in [3.8, 4) is 0 Å². The fraction of sp³-hybridized carbons (Fsp3) is 1.00.